The third-order valence-corrected chi connectivity index (χ3v) is 7.60. The maximum absolute atomic E-state index is 13.1. The van der Waals surface area contributed by atoms with Crippen molar-refractivity contribution in [3.8, 4) is 0 Å². The smallest absolute Gasteiger partial charge is 0.317 e. The first-order valence-corrected chi connectivity index (χ1v) is 11.7. The van der Waals surface area contributed by atoms with E-state index in [-0.39, 0.29) is 17.7 Å². The van der Waals surface area contributed by atoms with Gasteiger partial charge in [-0.25, -0.2) is 9.78 Å². The highest BCUT2D eigenvalue weighted by Crippen LogP contribution is 2.32. The third kappa shape index (κ3) is 3.80. The van der Waals surface area contributed by atoms with Crippen molar-refractivity contribution in [2.24, 2.45) is 0 Å². The van der Waals surface area contributed by atoms with Crippen LogP contribution in [0.3, 0.4) is 0 Å². The number of nitrogens with zero attached hydrogens (tertiary/aromatic N) is 3. The summed E-state index contributed by atoms with van der Waals surface area (Å²) in [6.45, 7) is 2.57. The van der Waals surface area contributed by atoms with Gasteiger partial charge < -0.3 is 15.0 Å². The lowest BCUT2D eigenvalue weighted by Gasteiger charge is -2.30. The molecule has 1 atom stereocenters. The number of amides is 2. The van der Waals surface area contributed by atoms with Crippen LogP contribution in [-0.2, 0) is 24.2 Å². The molecule has 2 aromatic heterocycles. The summed E-state index contributed by atoms with van der Waals surface area (Å²) < 4.78 is 7.39. The predicted molar refractivity (Wildman–Crippen MR) is 112 cm³/mol. The minimum atomic E-state index is 0.0307. The molecule has 0 bridgehead atoms. The summed E-state index contributed by atoms with van der Waals surface area (Å²) in [5, 5.41) is 3.96. The van der Waals surface area contributed by atoms with Gasteiger partial charge in [0, 0.05) is 24.1 Å². The summed E-state index contributed by atoms with van der Waals surface area (Å²) >= 11 is 1.56. The Morgan fingerprint density at radius 3 is 2.90 bits per heavy atom. The van der Waals surface area contributed by atoms with E-state index in [1.54, 1.807) is 22.2 Å². The predicted octanol–water partition coefficient (Wildman–Crippen LogP) is 3.04. The molecule has 0 unspecified atom stereocenters. The normalized spacial score (nSPS) is 22.8. The Hall–Kier alpha value is -1.93. The molecule has 2 aliphatic heterocycles. The van der Waals surface area contributed by atoms with E-state index in [0.29, 0.717) is 32.1 Å². The first kappa shape index (κ1) is 19.1. The lowest BCUT2D eigenvalue weighted by Crippen LogP contribution is -2.47. The molecule has 1 saturated carbocycles. The summed E-state index contributed by atoms with van der Waals surface area (Å²) in [4.78, 5) is 34.2. The molecule has 7 nitrogen and oxygen atoms in total. The quantitative estimate of drug-likeness (QED) is 0.834. The molecule has 8 heteroatoms. The molecule has 1 N–H and O–H groups in total. The highest BCUT2D eigenvalue weighted by atomic mass is 32.1. The van der Waals surface area contributed by atoms with Crippen LogP contribution in [0.4, 0.5) is 4.79 Å². The molecule has 3 aliphatic rings. The Balaban J connectivity index is 1.34. The summed E-state index contributed by atoms with van der Waals surface area (Å²) in [6, 6.07) is 0.343. The Morgan fingerprint density at radius 2 is 2.10 bits per heavy atom. The zero-order chi connectivity index (χ0) is 19.8. The van der Waals surface area contributed by atoms with Gasteiger partial charge in [0.05, 0.1) is 30.9 Å². The molecule has 2 amide bonds. The second kappa shape index (κ2) is 8.07. The maximum Gasteiger partial charge on any atom is 0.317 e. The Labute approximate surface area is 174 Å². The molecule has 1 aliphatic carbocycles. The molecule has 29 heavy (non-hydrogen) atoms. The van der Waals surface area contributed by atoms with Gasteiger partial charge in [-0.3, -0.25) is 9.36 Å². The highest BCUT2D eigenvalue weighted by Gasteiger charge is 2.28. The van der Waals surface area contributed by atoms with Crippen molar-refractivity contribution < 1.29 is 9.53 Å². The number of hydrogen-bond acceptors (Lipinski definition) is 5. The minimum absolute atomic E-state index is 0.0307. The van der Waals surface area contributed by atoms with E-state index in [4.69, 9.17) is 4.74 Å². The van der Waals surface area contributed by atoms with Crippen molar-refractivity contribution in [1.82, 2.24) is 19.8 Å². The molecule has 0 aromatic carbocycles. The third-order valence-electron chi connectivity index (χ3n) is 6.47. The Bertz CT molecular complexity index is 957. The molecule has 2 fully saturated rings. The Kier molecular flexibility index (Phi) is 5.30. The van der Waals surface area contributed by atoms with Crippen molar-refractivity contribution in [1.29, 1.82) is 0 Å². The average Bonchev–Trinajstić information content (AvgIpc) is 3.38. The number of fused-ring (bicyclic) bond motifs is 3. The number of aromatic nitrogens is 2. The SMILES string of the molecule is O=C(NC1CCCCC1)N1CCc2c(sc3ncn(C[C@H]4CCCO4)c(=O)c23)C1. The molecular weight excluding hydrogens is 388 g/mol. The van der Waals surface area contributed by atoms with Gasteiger partial charge in [0.15, 0.2) is 0 Å². The van der Waals surface area contributed by atoms with Crippen LogP contribution in [0.1, 0.15) is 55.4 Å². The fourth-order valence-electron chi connectivity index (χ4n) is 4.84. The number of thiophene rings is 1. The van der Waals surface area contributed by atoms with Crippen molar-refractivity contribution in [2.75, 3.05) is 13.2 Å². The van der Waals surface area contributed by atoms with Gasteiger partial charge in [-0.15, -0.1) is 11.3 Å². The number of ether oxygens (including phenoxy) is 1. The van der Waals surface area contributed by atoms with Gasteiger partial charge in [0.2, 0.25) is 0 Å². The lowest BCUT2D eigenvalue weighted by atomic mass is 9.96. The van der Waals surface area contributed by atoms with Crippen LogP contribution in [-0.4, -0.2) is 45.8 Å². The number of carbonyl (C=O) groups excluding carboxylic acids is 1. The van der Waals surface area contributed by atoms with E-state index in [9.17, 15) is 9.59 Å². The van der Waals surface area contributed by atoms with Crippen molar-refractivity contribution in [2.45, 2.75) is 76.6 Å². The van der Waals surface area contributed by atoms with E-state index in [2.05, 4.69) is 10.3 Å². The standard InChI is InChI=1S/C21H28N4O3S/c26-20-18-16-8-9-24(21(27)23-14-5-2-1-3-6-14)12-17(16)29-19(18)22-13-25(20)11-15-7-4-10-28-15/h13-15H,1-12H2,(H,23,27)/t15-/m1/s1. The second-order valence-corrected chi connectivity index (χ2v) is 9.56. The molecule has 0 spiro atoms. The summed E-state index contributed by atoms with van der Waals surface area (Å²) in [5.74, 6) is 0. The molecule has 156 valence electrons. The summed E-state index contributed by atoms with van der Waals surface area (Å²) in [6.07, 6.45) is 10.4. The van der Waals surface area contributed by atoms with Crippen LogP contribution in [0.15, 0.2) is 11.1 Å². The largest absolute Gasteiger partial charge is 0.376 e. The lowest BCUT2D eigenvalue weighted by molar-refractivity contribution is 0.0960. The molecule has 4 heterocycles. The van der Waals surface area contributed by atoms with Crippen LogP contribution in [0, 0.1) is 0 Å². The molecule has 1 saturated heterocycles. The second-order valence-electron chi connectivity index (χ2n) is 8.48. The van der Waals surface area contributed by atoms with Gasteiger partial charge in [-0.05, 0) is 37.7 Å². The van der Waals surface area contributed by atoms with Crippen molar-refractivity contribution in [3.05, 3.63) is 27.1 Å². The molecule has 0 radical (unpaired) electrons. The number of urea groups is 1. The van der Waals surface area contributed by atoms with E-state index in [1.807, 2.05) is 4.90 Å². The van der Waals surface area contributed by atoms with Crippen LogP contribution in [0.25, 0.3) is 10.2 Å². The number of rotatable bonds is 3. The van der Waals surface area contributed by atoms with Gasteiger partial charge in [0.1, 0.15) is 4.83 Å². The molecule has 5 rings (SSSR count). The fourth-order valence-corrected chi connectivity index (χ4v) is 6.04. The first-order valence-electron chi connectivity index (χ1n) is 10.9. The monoisotopic (exact) mass is 416 g/mol. The van der Waals surface area contributed by atoms with Crippen LogP contribution < -0.4 is 10.9 Å². The average molecular weight is 417 g/mol. The van der Waals surface area contributed by atoms with Crippen molar-refractivity contribution in [3.63, 3.8) is 0 Å². The van der Waals surface area contributed by atoms with Gasteiger partial charge in [-0.1, -0.05) is 19.3 Å². The summed E-state index contributed by atoms with van der Waals surface area (Å²) in [7, 11) is 0. The van der Waals surface area contributed by atoms with E-state index < -0.39 is 0 Å². The minimum Gasteiger partial charge on any atom is -0.376 e. The van der Waals surface area contributed by atoms with Gasteiger partial charge >= 0.3 is 6.03 Å². The summed E-state index contributed by atoms with van der Waals surface area (Å²) in [5.41, 5.74) is 1.12. The first-order chi connectivity index (χ1) is 14.2. The van der Waals surface area contributed by atoms with E-state index in [0.717, 1.165) is 52.9 Å². The topological polar surface area (TPSA) is 76.5 Å². The number of hydrogen-bond donors (Lipinski definition) is 1. The zero-order valence-electron chi connectivity index (χ0n) is 16.7. The maximum atomic E-state index is 13.1. The van der Waals surface area contributed by atoms with Crippen LogP contribution in [0.2, 0.25) is 0 Å². The van der Waals surface area contributed by atoms with Gasteiger partial charge in [0.25, 0.3) is 5.56 Å². The zero-order valence-corrected chi connectivity index (χ0v) is 17.5. The number of carbonyl (C=O) groups is 1. The van der Waals surface area contributed by atoms with Crippen molar-refractivity contribution >= 4 is 27.6 Å². The molecular formula is C21H28N4O3S. The molecule has 2 aromatic rings. The fraction of sp³-hybridized carbons (Fsp3) is 0.667. The Morgan fingerprint density at radius 1 is 1.24 bits per heavy atom. The number of nitrogens with one attached hydrogen (secondary N) is 1. The van der Waals surface area contributed by atoms with Gasteiger partial charge in [-0.2, -0.15) is 0 Å². The van der Waals surface area contributed by atoms with Crippen LogP contribution >= 0.6 is 11.3 Å². The van der Waals surface area contributed by atoms with E-state index in [1.165, 1.54) is 19.3 Å². The van der Waals surface area contributed by atoms with Crippen LogP contribution in [0.5, 0.6) is 0 Å². The van der Waals surface area contributed by atoms with E-state index >= 15 is 0 Å². The highest BCUT2D eigenvalue weighted by molar-refractivity contribution is 7.18.